The summed E-state index contributed by atoms with van der Waals surface area (Å²) in [6.07, 6.45) is 4.24. The maximum Gasteiger partial charge on any atom is 0.340 e. The van der Waals surface area contributed by atoms with Gasteiger partial charge in [-0.2, -0.15) is 5.10 Å². The molecule has 0 unspecified atom stereocenters. The van der Waals surface area contributed by atoms with Crippen molar-refractivity contribution in [2.24, 2.45) is 0 Å². The first-order valence-corrected chi connectivity index (χ1v) is 7.41. The van der Waals surface area contributed by atoms with Crippen LogP contribution in [0.25, 0.3) is 0 Å². The average molecular weight is 300 g/mol. The number of carboxylic acids is 1. The summed E-state index contributed by atoms with van der Waals surface area (Å²) in [5.74, 6) is -1.05. The van der Waals surface area contributed by atoms with E-state index >= 15 is 0 Å². The number of carbonyl (C=O) groups excluding carboxylic acids is 1. The van der Waals surface area contributed by atoms with Crippen LogP contribution in [-0.2, 0) is 6.54 Å². The third kappa shape index (κ3) is 5.12. The molecular formula is C12H20N4O3S. The molecule has 0 aliphatic rings. The first kappa shape index (κ1) is 16.4. The predicted molar refractivity (Wildman–Crippen MR) is 76.8 cm³/mol. The third-order valence-electron chi connectivity index (χ3n) is 2.47. The zero-order chi connectivity index (χ0) is 15.0. The first-order valence-electron chi connectivity index (χ1n) is 6.59. The summed E-state index contributed by atoms with van der Waals surface area (Å²) in [6.45, 7) is 5.25. The smallest absolute Gasteiger partial charge is 0.340 e. The SMILES string of the molecule is CCCCNC(=O)NSc1nn(CCC)cc1C(=O)O. The number of hydrogen-bond acceptors (Lipinski definition) is 4. The maximum absolute atomic E-state index is 11.5. The Labute approximate surface area is 122 Å². The Morgan fingerprint density at radius 2 is 2.15 bits per heavy atom. The molecule has 20 heavy (non-hydrogen) atoms. The maximum atomic E-state index is 11.5. The van der Waals surface area contributed by atoms with Crippen molar-refractivity contribution in [1.82, 2.24) is 19.8 Å². The van der Waals surface area contributed by atoms with E-state index < -0.39 is 5.97 Å². The molecule has 7 nitrogen and oxygen atoms in total. The molecule has 8 heteroatoms. The van der Waals surface area contributed by atoms with E-state index in [1.54, 1.807) is 4.68 Å². The molecule has 2 amide bonds. The van der Waals surface area contributed by atoms with Crippen molar-refractivity contribution in [2.75, 3.05) is 6.54 Å². The molecule has 0 atom stereocenters. The molecule has 0 aliphatic heterocycles. The Bertz CT molecular complexity index is 462. The van der Waals surface area contributed by atoms with Crippen molar-refractivity contribution < 1.29 is 14.7 Å². The number of urea groups is 1. The van der Waals surface area contributed by atoms with Crippen LogP contribution < -0.4 is 10.0 Å². The summed E-state index contributed by atoms with van der Waals surface area (Å²) in [5.41, 5.74) is 0.0947. The second-order valence-electron chi connectivity index (χ2n) is 4.23. The Morgan fingerprint density at radius 3 is 2.75 bits per heavy atom. The van der Waals surface area contributed by atoms with Gasteiger partial charge in [-0.1, -0.05) is 20.3 Å². The van der Waals surface area contributed by atoms with E-state index in [0.29, 0.717) is 13.1 Å². The molecule has 1 rings (SSSR count). The van der Waals surface area contributed by atoms with Gasteiger partial charge in [0.25, 0.3) is 0 Å². The van der Waals surface area contributed by atoms with Gasteiger partial charge < -0.3 is 10.4 Å². The van der Waals surface area contributed by atoms with Gasteiger partial charge in [-0.15, -0.1) is 0 Å². The fourth-order valence-corrected chi connectivity index (χ4v) is 2.14. The summed E-state index contributed by atoms with van der Waals surface area (Å²) in [6, 6.07) is -0.343. The fraction of sp³-hybridized carbons (Fsp3) is 0.583. The lowest BCUT2D eigenvalue weighted by Gasteiger charge is -2.05. The molecule has 3 N–H and O–H groups in total. The lowest BCUT2D eigenvalue weighted by atomic mass is 10.3. The van der Waals surface area contributed by atoms with Gasteiger partial charge >= 0.3 is 12.0 Å². The third-order valence-corrected chi connectivity index (χ3v) is 3.25. The molecular weight excluding hydrogens is 280 g/mol. The van der Waals surface area contributed by atoms with Crippen LogP contribution in [0.1, 0.15) is 43.5 Å². The lowest BCUT2D eigenvalue weighted by molar-refractivity contribution is 0.0693. The average Bonchev–Trinajstić information content (AvgIpc) is 2.80. The van der Waals surface area contributed by atoms with Crippen LogP contribution in [0.15, 0.2) is 11.2 Å². The number of nitrogens with zero attached hydrogens (tertiary/aromatic N) is 2. The van der Waals surface area contributed by atoms with Crippen molar-refractivity contribution in [1.29, 1.82) is 0 Å². The van der Waals surface area contributed by atoms with Gasteiger partial charge in [0.05, 0.1) is 0 Å². The summed E-state index contributed by atoms with van der Waals surface area (Å²) >= 11 is 0.913. The molecule has 0 radical (unpaired) electrons. The van der Waals surface area contributed by atoms with E-state index in [1.807, 2.05) is 13.8 Å². The minimum Gasteiger partial charge on any atom is -0.478 e. The number of aromatic carboxylic acids is 1. The number of nitrogens with one attached hydrogen (secondary N) is 2. The molecule has 0 spiro atoms. The minimum absolute atomic E-state index is 0.0947. The molecule has 0 bridgehead atoms. The van der Waals surface area contributed by atoms with Gasteiger partial charge in [0.2, 0.25) is 0 Å². The summed E-state index contributed by atoms with van der Waals surface area (Å²) < 4.78 is 4.11. The molecule has 0 aliphatic carbocycles. The van der Waals surface area contributed by atoms with E-state index in [9.17, 15) is 9.59 Å². The predicted octanol–water partition coefficient (Wildman–Crippen LogP) is 2.10. The molecule has 0 saturated heterocycles. The highest BCUT2D eigenvalue weighted by molar-refractivity contribution is 7.98. The van der Waals surface area contributed by atoms with Crippen LogP contribution in [-0.4, -0.2) is 33.4 Å². The summed E-state index contributed by atoms with van der Waals surface area (Å²) in [7, 11) is 0. The number of carboxylic acid groups (broad SMARTS) is 1. The highest BCUT2D eigenvalue weighted by atomic mass is 32.2. The van der Waals surface area contributed by atoms with E-state index in [1.165, 1.54) is 6.20 Å². The van der Waals surface area contributed by atoms with Crippen LogP contribution in [0.4, 0.5) is 4.79 Å². The van der Waals surface area contributed by atoms with Crippen molar-refractivity contribution >= 4 is 23.9 Å². The van der Waals surface area contributed by atoms with Crippen LogP contribution in [0.5, 0.6) is 0 Å². The van der Waals surface area contributed by atoms with Gasteiger partial charge in [0.15, 0.2) is 5.03 Å². The molecule has 1 aromatic rings. The highest BCUT2D eigenvalue weighted by Gasteiger charge is 2.16. The Hall–Kier alpha value is -1.70. The van der Waals surface area contributed by atoms with Gasteiger partial charge in [0.1, 0.15) is 5.56 Å². The van der Waals surface area contributed by atoms with E-state index in [-0.39, 0.29) is 16.6 Å². The fourth-order valence-electron chi connectivity index (χ4n) is 1.48. The topological polar surface area (TPSA) is 96.3 Å². The number of amides is 2. The molecule has 112 valence electrons. The quantitative estimate of drug-likeness (QED) is 0.504. The monoisotopic (exact) mass is 300 g/mol. The molecule has 1 aromatic heterocycles. The number of unbranched alkanes of at least 4 members (excludes halogenated alkanes) is 1. The van der Waals surface area contributed by atoms with Crippen molar-refractivity contribution in [3.05, 3.63) is 11.8 Å². The summed E-state index contributed by atoms with van der Waals surface area (Å²) in [5, 5.41) is 16.2. The zero-order valence-electron chi connectivity index (χ0n) is 11.7. The number of aromatic nitrogens is 2. The van der Waals surface area contributed by atoms with Gasteiger partial charge in [-0.05, 0) is 12.8 Å². The van der Waals surface area contributed by atoms with E-state index in [4.69, 9.17) is 5.11 Å². The minimum atomic E-state index is -1.05. The molecule has 0 saturated carbocycles. The van der Waals surface area contributed by atoms with Crippen molar-refractivity contribution in [2.45, 2.75) is 44.7 Å². The standard InChI is InChI=1S/C12H20N4O3S/c1-3-5-6-13-12(19)15-20-10-9(11(17)18)8-16(14-10)7-4-2/h8H,3-7H2,1-2H3,(H,17,18)(H2,13,15,19). The Kier molecular flexibility index (Phi) is 6.92. The van der Waals surface area contributed by atoms with Crippen molar-refractivity contribution in [3.63, 3.8) is 0 Å². The number of aryl methyl sites for hydroxylation is 1. The normalized spacial score (nSPS) is 10.3. The van der Waals surface area contributed by atoms with Crippen LogP contribution in [0.2, 0.25) is 0 Å². The molecule has 1 heterocycles. The van der Waals surface area contributed by atoms with E-state index in [2.05, 4.69) is 15.1 Å². The zero-order valence-corrected chi connectivity index (χ0v) is 12.5. The lowest BCUT2D eigenvalue weighted by Crippen LogP contribution is -2.32. The Morgan fingerprint density at radius 1 is 1.40 bits per heavy atom. The second kappa shape index (κ2) is 8.47. The summed E-state index contributed by atoms with van der Waals surface area (Å²) in [4.78, 5) is 22.6. The van der Waals surface area contributed by atoms with Gasteiger partial charge in [-0.25, -0.2) is 9.59 Å². The number of carbonyl (C=O) groups is 2. The van der Waals surface area contributed by atoms with Crippen molar-refractivity contribution in [3.8, 4) is 0 Å². The molecule has 0 fully saturated rings. The Balaban J connectivity index is 2.57. The largest absolute Gasteiger partial charge is 0.478 e. The number of rotatable bonds is 8. The highest BCUT2D eigenvalue weighted by Crippen LogP contribution is 2.18. The number of hydrogen-bond donors (Lipinski definition) is 3. The molecule has 0 aromatic carbocycles. The van der Waals surface area contributed by atoms with E-state index in [0.717, 1.165) is 31.2 Å². The van der Waals surface area contributed by atoms with Gasteiger partial charge in [-0.3, -0.25) is 9.40 Å². The van der Waals surface area contributed by atoms with Crippen LogP contribution in [0.3, 0.4) is 0 Å². The van der Waals surface area contributed by atoms with Crippen LogP contribution in [0, 0.1) is 0 Å². The van der Waals surface area contributed by atoms with Crippen LogP contribution >= 0.6 is 11.9 Å². The van der Waals surface area contributed by atoms with Gasteiger partial charge in [0, 0.05) is 31.2 Å². The first-order chi connectivity index (χ1) is 9.58. The second-order valence-corrected chi connectivity index (χ2v) is 5.02.